The van der Waals surface area contributed by atoms with E-state index in [1.165, 1.54) is 5.32 Å². The fourth-order valence-electron chi connectivity index (χ4n) is 4.00. The van der Waals surface area contributed by atoms with Crippen LogP contribution in [0.25, 0.3) is 11.1 Å². The summed E-state index contributed by atoms with van der Waals surface area (Å²) in [5.74, 6) is -3.71. The van der Waals surface area contributed by atoms with Crippen molar-refractivity contribution in [3.05, 3.63) is 59.7 Å². The molecule has 2 aromatic rings. The Morgan fingerprint density at radius 3 is 1.97 bits per heavy atom. The molecule has 34 heavy (non-hydrogen) atoms. The zero-order valence-electron chi connectivity index (χ0n) is 18.6. The number of hydrogen-bond acceptors (Lipinski definition) is 4. The summed E-state index contributed by atoms with van der Waals surface area (Å²) >= 11 is 0. The second-order valence-electron chi connectivity index (χ2n) is 8.47. The molecule has 0 saturated heterocycles. The Labute approximate surface area is 194 Å². The molecule has 2 atom stereocenters. The number of carbonyl (C=O) groups excluding carboxylic acids is 2. The van der Waals surface area contributed by atoms with E-state index < -0.39 is 36.2 Å². The van der Waals surface area contributed by atoms with E-state index in [9.17, 15) is 32.7 Å². The van der Waals surface area contributed by atoms with Gasteiger partial charge in [-0.15, -0.1) is 0 Å². The number of fused-ring (bicyclic) bond motifs is 3. The van der Waals surface area contributed by atoms with E-state index in [2.05, 4.69) is 0 Å². The molecule has 0 bridgehead atoms. The summed E-state index contributed by atoms with van der Waals surface area (Å²) in [6.45, 7) is 3.09. The van der Waals surface area contributed by atoms with Crippen LogP contribution in [0, 0.1) is 5.92 Å². The number of alkyl carbamates (subject to hydrolysis) is 1. The van der Waals surface area contributed by atoms with Gasteiger partial charge in [-0.3, -0.25) is 4.79 Å². The molecule has 3 N–H and O–H groups in total. The highest BCUT2D eigenvalue weighted by molar-refractivity contribution is 5.90. The van der Waals surface area contributed by atoms with Gasteiger partial charge in [0.15, 0.2) is 0 Å². The van der Waals surface area contributed by atoms with Gasteiger partial charge in [0.25, 0.3) is 5.91 Å². The maximum atomic E-state index is 13.5. The van der Waals surface area contributed by atoms with E-state index in [0.717, 1.165) is 22.3 Å². The first-order valence-electron chi connectivity index (χ1n) is 10.7. The lowest BCUT2D eigenvalue weighted by Gasteiger charge is -2.24. The number of carboxylic acids is 1. The summed E-state index contributed by atoms with van der Waals surface area (Å²) in [5, 5.41) is 12.6. The SMILES string of the molecule is CC(C)C[C@H](NC(=O)C(NC(=O)OCC1c2ccccc2-c2ccccc21)C(F)(F)F)C(=O)O. The average molecular weight is 478 g/mol. The number of hydrogen-bond donors (Lipinski definition) is 3. The van der Waals surface area contributed by atoms with E-state index in [0.29, 0.717) is 0 Å². The molecule has 0 aliphatic heterocycles. The van der Waals surface area contributed by atoms with E-state index >= 15 is 0 Å². The zero-order chi connectivity index (χ0) is 25.0. The third-order valence-electron chi connectivity index (χ3n) is 5.52. The highest BCUT2D eigenvalue weighted by Crippen LogP contribution is 2.44. The van der Waals surface area contributed by atoms with Crippen LogP contribution < -0.4 is 10.6 Å². The number of nitrogens with one attached hydrogen (secondary N) is 2. The van der Waals surface area contributed by atoms with Crippen molar-refractivity contribution < 1.29 is 37.4 Å². The van der Waals surface area contributed by atoms with Gasteiger partial charge in [-0.1, -0.05) is 62.4 Å². The topological polar surface area (TPSA) is 105 Å². The van der Waals surface area contributed by atoms with Crippen molar-refractivity contribution >= 4 is 18.0 Å². The molecule has 0 radical (unpaired) electrons. The van der Waals surface area contributed by atoms with Gasteiger partial charge in [0.05, 0.1) is 0 Å². The molecule has 2 amide bonds. The van der Waals surface area contributed by atoms with Gasteiger partial charge in [-0.05, 0) is 34.6 Å². The quantitative estimate of drug-likeness (QED) is 0.531. The molecule has 182 valence electrons. The van der Waals surface area contributed by atoms with Crippen molar-refractivity contribution in [2.24, 2.45) is 5.92 Å². The highest BCUT2D eigenvalue weighted by Gasteiger charge is 2.47. The van der Waals surface area contributed by atoms with E-state index in [1.54, 1.807) is 13.8 Å². The Kier molecular flexibility index (Phi) is 7.48. The number of alkyl halides is 3. The van der Waals surface area contributed by atoms with Crippen LogP contribution in [0.5, 0.6) is 0 Å². The summed E-state index contributed by atoms with van der Waals surface area (Å²) < 4.78 is 45.6. The van der Waals surface area contributed by atoms with Crippen molar-refractivity contribution in [1.82, 2.24) is 10.6 Å². The standard InChI is InChI=1S/C24H25F3N2O5/c1-13(2)11-19(22(31)32)28-21(30)20(24(25,26)27)29-23(33)34-12-18-16-9-5-3-7-14(16)15-8-4-6-10-17(15)18/h3-10,13,18-20H,11-12H2,1-2H3,(H,28,30)(H,29,33)(H,31,32)/t19-,20?/m0/s1. The number of amides is 2. The Morgan fingerprint density at radius 1 is 0.971 bits per heavy atom. The van der Waals surface area contributed by atoms with Crippen LogP contribution >= 0.6 is 0 Å². The molecule has 0 aromatic heterocycles. The molecule has 7 nitrogen and oxygen atoms in total. The summed E-state index contributed by atoms with van der Waals surface area (Å²) in [6, 6.07) is 10.4. The largest absolute Gasteiger partial charge is 0.480 e. The summed E-state index contributed by atoms with van der Waals surface area (Å²) in [5.41, 5.74) is 3.65. The Balaban J connectivity index is 1.69. The fourth-order valence-corrected chi connectivity index (χ4v) is 4.00. The first-order chi connectivity index (χ1) is 16.0. The molecule has 1 aliphatic rings. The van der Waals surface area contributed by atoms with E-state index in [-0.39, 0.29) is 24.9 Å². The van der Waals surface area contributed by atoms with E-state index in [4.69, 9.17) is 4.74 Å². The summed E-state index contributed by atoms with van der Waals surface area (Å²) in [6.07, 6.45) is -6.66. The number of benzene rings is 2. The van der Waals surface area contributed by atoms with Gasteiger partial charge < -0.3 is 20.5 Å². The molecule has 0 heterocycles. The molecule has 2 aromatic carbocycles. The van der Waals surface area contributed by atoms with Crippen LogP contribution in [0.15, 0.2) is 48.5 Å². The molecule has 10 heteroatoms. The molecule has 1 aliphatic carbocycles. The molecule has 0 saturated carbocycles. The van der Waals surface area contributed by atoms with Gasteiger partial charge in [0.2, 0.25) is 6.04 Å². The minimum atomic E-state index is -5.16. The van der Waals surface area contributed by atoms with Gasteiger partial charge in [-0.2, -0.15) is 13.2 Å². The molecule has 0 fully saturated rings. The summed E-state index contributed by atoms with van der Waals surface area (Å²) in [7, 11) is 0. The van der Waals surface area contributed by atoms with Crippen molar-refractivity contribution in [2.75, 3.05) is 6.61 Å². The number of ether oxygens (including phenoxy) is 1. The summed E-state index contributed by atoms with van der Waals surface area (Å²) in [4.78, 5) is 35.8. The number of aliphatic carboxylic acids is 1. The fraction of sp³-hybridized carbons (Fsp3) is 0.375. The number of rotatable bonds is 8. The highest BCUT2D eigenvalue weighted by atomic mass is 19.4. The van der Waals surface area contributed by atoms with Crippen LogP contribution in [0.2, 0.25) is 0 Å². The maximum absolute atomic E-state index is 13.5. The average Bonchev–Trinajstić information content (AvgIpc) is 3.08. The second kappa shape index (κ2) is 10.1. The first-order valence-corrected chi connectivity index (χ1v) is 10.7. The lowest BCUT2D eigenvalue weighted by Crippen LogP contribution is -2.58. The lowest BCUT2D eigenvalue weighted by atomic mass is 9.98. The Morgan fingerprint density at radius 2 is 1.50 bits per heavy atom. The number of halogens is 3. The van der Waals surface area contributed by atoms with Crippen molar-refractivity contribution in [2.45, 2.75) is 44.4 Å². The molecular formula is C24H25F3N2O5. The van der Waals surface area contributed by atoms with Crippen molar-refractivity contribution in [1.29, 1.82) is 0 Å². The predicted molar refractivity (Wildman–Crippen MR) is 117 cm³/mol. The monoisotopic (exact) mass is 478 g/mol. The molecular weight excluding hydrogens is 453 g/mol. The third-order valence-corrected chi connectivity index (χ3v) is 5.52. The van der Waals surface area contributed by atoms with E-state index in [1.807, 2.05) is 53.8 Å². The van der Waals surface area contributed by atoms with Crippen LogP contribution in [0.4, 0.5) is 18.0 Å². The normalized spacial score (nSPS) is 14.6. The Hall–Kier alpha value is -3.56. The van der Waals surface area contributed by atoms with Crippen molar-refractivity contribution in [3.63, 3.8) is 0 Å². The van der Waals surface area contributed by atoms with Gasteiger partial charge in [0, 0.05) is 5.92 Å². The van der Waals surface area contributed by atoms with Crippen LogP contribution in [0.1, 0.15) is 37.3 Å². The third kappa shape index (κ3) is 5.67. The smallest absolute Gasteiger partial charge is 0.417 e. The molecule has 3 rings (SSSR count). The predicted octanol–water partition coefficient (Wildman–Crippen LogP) is 4.07. The first kappa shape index (κ1) is 25.1. The van der Waals surface area contributed by atoms with Crippen LogP contribution in [0.3, 0.4) is 0 Å². The number of carboxylic acid groups (broad SMARTS) is 1. The Bertz CT molecular complexity index is 1030. The zero-order valence-corrected chi connectivity index (χ0v) is 18.6. The van der Waals surface area contributed by atoms with Crippen LogP contribution in [-0.4, -0.2) is 47.9 Å². The van der Waals surface area contributed by atoms with Crippen molar-refractivity contribution in [3.8, 4) is 11.1 Å². The number of carbonyl (C=O) groups is 3. The van der Waals surface area contributed by atoms with Crippen LogP contribution in [-0.2, 0) is 14.3 Å². The van der Waals surface area contributed by atoms with Gasteiger partial charge in [-0.25, -0.2) is 9.59 Å². The minimum Gasteiger partial charge on any atom is -0.480 e. The van der Waals surface area contributed by atoms with Gasteiger partial charge >= 0.3 is 18.2 Å². The molecule has 1 unspecified atom stereocenters. The second-order valence-corrected chi connectivity index (χ2v) is 8.47. The maximum Gasteiger partial charge on any atom is 0.417 e. The lowest BCUT2D eigenvalue weighted by molar-refractivity contribution is -0.169. The van der Waals surface area contributed by atoms with Gasteiger partial charge in [0.1, 0.15) is 12.6 Å². The molecule has 0 spiro atoms. The minimum absolute atomic E-state index is 0.0728.